The lowest BCUT2D eigenvalue weighted by atomic mass is 9.40. The van der Waals surface area contributed by atoms with E-state index < -0.39 is 23.6 Å². The molecule has 3 N–H and O–H groups in total. The molecule has 4 aliphatic carbocycles. The molecule has 240 valence electrons. The number of aromatic nitrogens is 1. The largest absolute Gasteiger partial charge is 0.505 e. The second kappa shape index (κ2) is 8.18. The molecule has 1 saturated heterocycles. The number of ether oxygens (including phenoxy) is 2. The summed E-state index contributed by atoms with van der Waals surface area (Å²) in [5.74, 6) is 0.945. The van der Waals surface area contributed by atoms with Gasteiger partial charge in [-0.25, -0.2) is 0 Å². The number of fused-ring (bicyclic) bond motifs is 13. The molecule has 0 spiro atoms. The number of hydrogen-bond donors (Lipinski definition) is 3. The molecule has 3 aromatic rings. The van der Waals surface area contributed by atoms with Crippen LogP contribution in [0.3, 0.4) is 0 Å². The van der Waals surface area contributed by atoms with Crippen molar-refractivity contribution in [2.45, 2.75) is 129 Å². The fourth-order valence-corrected chi connectivity index (χ4v) is 12.9. The summed E-state index contributed by atoms with van der Waals surface area (Å²) in [5.41, 5.74) is 7.18. The molecule has 0 bridgehead atoms. The highest BCUT2D eigenvalue weighted by atomic mass is 16.6. The van der Waals surface area contributed by atoms with E-state index in [0.717, 1.165) is 71.0 Å². The molecule has 4 heterocycles. The predicted octanol–water partition coefficient (Wildman–Crippen LogP) is 7.66. The molecule has 3 fully saturated rings. The quantitative estimate of drug-likeness (QED) is 0.263. The molecular formula is C39H49NO5. The van der Waals surface area contributed by atoms with Crippen LogP contribution < -0.4 is 0 Å². The maximum atomic E-state index is 12.2. The molecular weight excluding hydrogens is 562 g/mol. The molecule has 1 aromatic carbocycles. The van der Waals surface area contributed by atoms with Crippen molar-refractivity contribution < 1.29 is 24.8 Å². The van der Waals surface area contributed by atoms with Crippen molar-refractivity contribution in [1.29, 1.82) is 0 Å². The van der Waals surface area contributed by atoms with Crippen LogP contribution in [0.1, 0.15) is 122 Å². The number of hydrogen-bond acceptors (Lipinski definition) is 5. The minimum Gasteiger partial charge on any atom is -0.505 e. The normalized spacial score (nSPS) is 42.2. The van der Waals surface area contributed by atoms with Crippen LogP contribution in [-0.2, 0) is 21.3 Å². The highest BCUT2D eigenvalue weighted by molar-refractivity contribution is 6.11. The monoisotopic (exact) mass is 611 g/mol. The van der Waals surface area contributed by atoms with Gasteiger partial charge in [0.25, 0.3) is 0 Å². The fourth-order valence-electron chi connectivity index (χ4n) is 12.9. The summed E-state index contributed by atoms with van der Waals surface area (Å²) in [6, 6.07) is 2.35. The molecule has 6 nitrogen and oxygen atoms in total. The van der Waals surface area contributed by atoms with Gasteiger partial charge in [-0.15, -0.1) is 0 Å². The predicted molar refractivity (Wildman–Crippen MR) is 176 cm³/mol. The molecule has 0 radical (unpaired) electrons. The van der Waals surface area contributed by atoms with Crippen LogP contribution in [0.4, 0.5) is 0 Å². The minimum absolute atomic E-state index is 0.00308. The number of allylic oxidation sites excluding steroid dienone is 1. The maximum absolute atomic E-state index is 12.2. The van der Waals surface area contributed by atoms with Crippen molar-refractivity contribution in [3.63, 3.8) is 0 Å². The van der Waals surface area contributed by atoms with Gasteiger partial charge in [-0.05, 0) is 118 Å². The highest BCUT2D eigenvalue weighted by Gasteiger charge is 2.69. The fraction of sp³-hybridized carbons (Fsp3) is 0.641. The van der Waals surface area contributed by atoms with Crippen LogP contribution in [0.15, 0.2) is 18.7 Å². The van der Waals surface area contributed by atoms with Gasteiger partial charge in [0, 0.05) is 45.2 Å². The molecule has 45 heavy (non-hydrogen) atoms. The van der Waals surface area contributed by atoms with Crippen LogP contribution in [0.25, 0.3) is 27.4 Å². The Balaban J connectivity index is 1.35. The van der Waals surface area contributed by atoms with E-state index in [0.29, 0.717) is 18.3 Å². The van der Waals surface area contributed by atoms with Gasteiger partial charge in [0.15, 0.2) is 6.29 Å². The molecule has 9 rings (SSSR count). The van der Waals surface area contributed by atoms with Gasteiger partial charge >= 0.3 is 0 Å². The average Bonchev–Trinajstić information content (AvgIpc) is 3.65. The third-order valence-corrected chi connectivity index (χ3v) is 14.4. The van der Waals surface area contributed by atoms with Gasteiger partial charge in [-0.1, -0.05) is 27.4 Å². The van der Waals surface area contributed by atoms with Crippen LogP contribution in [-0.4, -0.2) is 43.3 Å². The van der Waals surface area contributed by atoms with E-state index in [-0.39, 0.29) is 34.0 Å². The molecule has 6 aliphatic rings. The first-order valence-electron chi connectivity index (χ1n) is 17.3. The number of aliphatic hydroxyl groups excluding tert-OH is 2. The summed E-state index contributed by atoms with van der Waals surface area (Å²) in [6.45, 7) is 22.2. The summed E-state index contributed by atoms with van der Waals surface area (Å²) in [6.07, 6.45) is 6.88. The van der Waals surface area contributed by atoms with E-state index in [1.165, 1.54) is 16.6 Å². The SMILES string of the molecule is C=C(C)c1c(O)c2c3c(cc4c5c(n1c42)C1(C)C(CCC2[C@]4(C)CC(O)O[C@H]4CC[C@@]21C)C5)C1=CC(C)(C)OC(C)(C)C1[C@@H]3O. The number of rotatable bonds is 1. The zero-order valence-electron chi connectivity index (χ0n) is 28.2. The van der Waals surface area contributed by atoms with E-state index in [1.807, 2.05) is 6.92 Å². The van der Waals surface area contributed by atoms with Crippen molar-refractivity contribution in [2.75, 3.05) is 0 Å². The Morgan fingerprint density at radius 1 is 1.04 bits per heavy atom. The average molecular weight is 612 g/mol. The molecule has 2 saturated carbocycles. The molecule has 5 unspecified atom stereocenters. The number of benzene rings is 1. The Labute approximate surface area is 266 Å². The van der Waals surface area contributed by atoms with Gasteiger partial charge < -0.3 is 29.2 Å². The zero-order valence-corrected chi connectivity index (χ0v) is 28.2. The molecule has 0 amide bonds. The second-order valence-electron chi connectivity index (χ2n) is 17.6. The van der Waals surface area contributed by atoms with E-state index in [2.05, 4.69) is 71.6 Å². The van der Waals surface area contributed by atoms with Crippen molar-refractivity contribution in [1.82, 2.24) is 4.40 Å². The molecule has 6 heteroatoms. The minimum atomic E-state index is -0.787. The van der Waals surface area contributed by atoms with E-state index >= 15 is 0 Å². The first kappa shape index (κ1) is 28.8. The van der Waals surface area contributed by atoms with Crippen molar-refractivity contribution in [3.8, 4) is 5.75 Å². The standard InChI is InChI=1S/C39H49NO5/c1-18(2)30-33(43)28-27-20(23-16-35(3,4)45-36(5,6)29(23)32(27)42)15-21-22-14-19-10-11-24-37(7)17-26(41)44-25(37)12-13-38(24,8)39(19,9)34(22)40(30)31(21)28/h15-16,19,24-26,29,32,41-43H,1,10-14,17H2,2-9H3/t19?,24?,25-,26?,29?,32+,37-,38-,39?/m0/s1. The summed E-state index contributed by atoms with van der Waals surface area (Å²) >= 11 is 0. The Morgan fingerprint density at radius 2 is 1.78 bits per heavy atom. The van der Waals surface area contributed by atoms with Crippen molar-refractivity contribution >= 4 is 27.4 Å². The highest BCUT2D eigenvalue weighted by Crippen LogP contribution is 2.72. The van der Waals surface area contributed by atoms with E-state index in [4.69, 9.17) is 9.47 Å². The molecule has 2 aromatic heterocycles. The van der Waals surface area contributed by atoms with Crippen molar-refractivity contribution in [2.24, 2.45) is 28.6 Å². The van der Waals surface area contributed by atoms with E-state index in [1.54, 1.807) is 0 Å². The molecule has 9 atom stereocenters. The van der Waals surface area contributed by atoms with Gasteiger partial charge in [0.2, 0.25) is 0 Å². The lowest BCUT2D eigenvalue weighted by molar-refractivity contribution is -0.157. The third-order valence-electron chi connectivity index (χ3n) is 14.4. The summed E-state index contributed by atoms with van der Waals surface area (Å²) in [7, 11) is 0. The third kappa shape index (κ3) is 3.08. The summed E-state index contributed by atoms with van der Waals surface area (Å²) in [4.78, 5) is 0. The van der Waals surface area contributed by atoms with E-state index in [9.17, 15) is 15.3 Å². The zero-order chi connectivity index (χ0) is 32.0. The smallest absolute Gasteiger partial charge is 0.155 e. The maximum Gasteiger partial charge on any atom is 0.155 e. The number of aliphatic hydroxyl groups is 2. The Bertz CT molecular complexity index is 1880. The van der Waals surface area contributed by atoms with Crippen LogP contribution in [0.5, 0.6) is 5.75 Å². The van der Waals surface area contributed by atoms with Gasteiger partial charge in [0.1, 0.15) is 5.75 Å². The van der Waals surface area contributed by atoms with Crippen LogP contribution in [0, 0.1) is 28.6 Å². The first-order valence-corrected chi connectivity index (χ1v) is 17.3. The number of nitrogens with zero attached hydrogens (tertiary/aromatic N) is 1. The lowest BCUT2D eigenvalue weighted by Crippen LogP contribution is -2.61. The Morgan fingerprint density at radius 3 is 2.49 bits per heavy atom. The van der Waals surface area contributed by atoms with Gasteiger partial charge in [-0.2, -0.15) is 0 Å². The topological polar surface area (TPSA) is 83.6 Å². The van der Waals surface area contributed by atoms with Crippen LogP contribution >= 0.6 is 0 Å². The Hall–Kier alpha value is -2.38. The first-order chi connectivity index (χ1) is 21.0. The van der Waals surface area contributed by atoms with Crippen LogP contribution in [0.2, 0.25) is 0 Å². The second-order valence-corrected chi connectivity index (χ2v) is 17.6. The lowest BCUT2D eigenvalue weighted by Gasteiger charge is -2.64. The van der Waals surface area contributed by atoms with Gasteiger partial charge in [0.05, 0.1) is 34.6 Å². The summed E-state index contributed by atoms with van der Waals surface area (Å²) < 4.78 is 15.0. The Kier molecular flexibility index (Phi) is 5.24. The van der Waals surface area contributed by atoms with Crippen molar-refractivity contribution in [3.05, 3.63) is 46.8 Å². The number of aromatic hydroxyl groups is 1. The molecule has 2 aliphatic heterocycles. The van der Waals surface area contributed by atoms with Gasteiger partial charge in [-0.3, -0.25) is 0 Å². The summed E-state index contributed by atoms with van der Waals surface area (Å²) in [5, 5.41) is 37.0.